The summed E-state index contributed by atoms with van der Waals surface area (Å²) in [5.74, 6) is 0.111. The van der Waals surface area contributed by atoms with Gasteiger partial charge < -0.3 is 4.90 Å². The second-order valence-electron chi connectivity index (χ2n) is 4.46. The van der Waals surface area contributed by atoms with Gasteiger partial charge in [0.2, 0.25) is 0 Å². The van der Waals surface area contributed by atoms with Crippen molar-refractivity contribution in [2.24, 2.45) is 0 Å². The minimum Gasteiger partial charge on any atom is -0.326 e. The number of hydrogen-bond acceptors (Lipinski definition) is 4. The van der Waals surface area contributed by atoms with Crippen molar-refractivity contribution in [2.75, 3.05) is 11.4 Å². The summed E-state index contributed by atoms with van der Waals surface area (Å²) in [6.45, 7) is 0.619. The first kappa shape index (κ1) is 13.0. The molecule has 2 aromatic rings. The minimum atomic E-state index is -4.75. The van der Waals surface area contributed by atoms with Gasteiger partial charge in [-0.3, -0.25) is 0 Å². The molecule has 0 amide bonds. The van der Waals surface area contributed by atoms with E-state index < -0.39 is 15.1 Å². The summed E-state index contributed by atoms with van der Waals surface area (Å²) in [5, 5.41) is 0. The molecule has 3 rings (SSSR count). The van der Waals surface area contributed by atoms with Crippen molar-refractivity contribution in [3.63, 3.8) is 0 Å². The van der Waals surface area contributed by atoms with Gasteiger partial charge in [0.25, 0.3) is 0 Å². The number of rotatable bonds is 2. The number of aromatic nitrogens is 1. The Morgan fingerprint density at radius 3 is 2.65 bits per heavy atom. The van der Waals surface area contributed by atoms with E-state index >= 15 is 0 Å². The third-order valence-electron chi connectivity index (χ3n) is 3.22. The van der Waals surface area contributed by atoms with E-state index in [1.54, 1.807) is 11.0 Å². The van der Waals surface area contributed by atoms with Gasteiger partial charge >= 0.3 is 10.2 Å². The molecule has 4 nitrogen and oxygen atoms in total. The fourth-order valence-electron chi connectivity index (χ4n) is 2.27. The third kappa shape index (κ3) is 2.24. The highest BCUT2D eigenvalue weighted by atomic mass is 32.3. The van der Waals surface area contributed by atoms with Crippen molar-refractivity contribution in [1.29, 1.82) is 0 Å². The van der Waals surface area contributed by atoms with E-state index in [1.807, 2.05) is 0 Å². The van der Waals surface area contributed by atoms with Crippen LogP contribution >= 0.6 is 0 Å². The van der Waals surface area contributed by atoms with Crippen LogP contribution in [0.2, 0.25) is 0 Å². The maximum Gasteiger partial charge on any atom is 0.333 e. The fraction of sp³-hybridized carbons (Fsp3) is 0.154. The molecular weight excluding hydrogens is 286 g/mol. The molecule has 0 spiro atoms. The van der Waals surface area contributed by atoms with E-state index in [2.05, 4.69) is 4.98 Å². The fourth-order valence-corrected chi connectivity index (χ4v) is 2.68. The van der Waals surface area contributed by atoms with Crippen LogP contribution in [0.3, 0.4) is 0 Å². The molecule has 0 radical (unpaired) electrons. The van der Waals surface area contributed by atoms with Gasteiger partial charge in [-0.1, -0.05) is 6.07 Å². The van der Waals surface area contributed by atoms with Gasteiger partial charge in [-0.15, -0.1) is 3.89 Å². The molecule has 1 aromatic carbocycles. The molecule has 2 heterocycles. The van der Waals surface area contributed by atoms with E-state index in [0.717, 1.165) is 24.2 Å². The Morgan fingerprint density at radius 2 is 2.00 bits per heavy atom. The summed E-state index contributed by atoms with van der Waals surface area (Å²) < 4.78 is 47.6. The highest BCUT2D eigenvalue weighted by molar-refractivity contribution is 7.86. The van der Waals surface area contributed by atoms with Crippen LogP contribution in [0.4, 0.5) is 19.8 Å². The zero-order chi connectivity index (χ0) is 14.3. The molecule has 1 aliphatic rings. The maximum atomic E-state index is 13.3. The number of pyridine rings is 1. The average Bonchev–Trinajstić information content (AvgIpc) is 2.81. The lowest BCUT2D eigenvalue weighted by Gasteiger charge is -2.18. The lowest BCUT2D eigenvalue weighted by molar-refractivity contribution is 0.551. The van der Waals surface area contributed by atoms with E-state index in [9.17, 15) is 16.7 Å². The predicted octanol–water partition coefficient (Wildman–Crippen LogP) is 2.57. The first-order chi connectivity index (χ1) is 9.45. The molecule has 0 N–H and O–H groups in total. The largest absolute Gasteiger partial charge is 0.333 e. The Labute approximate surface area is 114 Å². The highest BCUT2D eigenvalue weighted by Crippen LogP contribution is 2.34. The number of halogens is 2. The van der Waals surface area contributed by atoms with Crippen LogP contribution in [-0.2, 0) is 16.6 Å². The number of hydrogen-bond donors (Lipinski definition) is 0. The van der Waals surface area contributed by atoms with Gasteiger partial charge in [-0.05, 0) is 36.2 Å². The molecule has 20 heavy (non-hydrogen) atoms. The highest BCUT2D eigenvalue weighted by Gasteiger charge is 2.22. The smallest absolute Gasteiger partial charge is 0.326 e. The SMILES string of the molecule is O=S(=O)(F)c1ccc(N2CCc3ccc(F)cc32)nc1. The van der Waals surface area contributed by atoms with E-state index in [1.165, 1.54) is 18.2 Å². The van der Waals surface area contributed by atoms with Crippen LogP contribution in [0.5, 0.6) is 0 Å². The molecule has 0 bridgehead atoms. The van der Waals surface area contributed by atoms with Crippen LogP contribution in [0, 0.1) is 5.82 Å². The average molecular weight is 296 g/mol. The van der Waals surface area contributed by atoms with Crippen molar-refractivity contribution in [2.45, 2.75) is 11.3 Å². The topological polar surface area (TPSA) is 50.3 Å². The van der Waals surface area contributed by atoms with Gasteiger partial charge in [0.1, 0.15) is 16.5 Å². The van der Waals surface area contributed by atoms with Crippen molar-refractivity contribution in [1.82, 2.24) is 4.98 Å². The van der Waals surface area contributed by atoms with Crippen LogP contribution in [0.1, 0.15) is 5.56 Å². The normalized spacial score (nSPS) is 14.4. The summed E-state index contributed by atoms with van der Waals surface area (Å²) in [5.41, 5.74) is 1.70. The number of nitrogens with zero attached hydrogens (tertiary/aromatic N) is 2. The quantitative estimate of drug-likeness (QED) is 0.799. The number of anilines is 2. The van der Waals surface area contributed by atoms with Crippen molar-refractivity contribution < 1.29 is 16.7 Å². The van der Waals surface area contributed by atoms with E-state index in [0.29, 0.717) is 18.1 Å². The van der Waals surface area contributed by atoms with Crippen molar-refractivity contribution in [3.05, 3.63) is 47.9 Å². The Bertz CT molecular complexity index is 760. The summed E-state index contributed by atoms with van der Waals surface area (Å²) in [7, 11) is -4.75. The monoisotopic (exact) mass is 296 g/mol. The van der Waals surface area contributed by atoms with Crippen LogP contribution in [-0.4, -0.2) is 19.9 Å². The van der Waals surface area contributed by atoms with Gasteiger partial charge in [-0.2, -0.15) is 8.42 Å². The third-order valence-corrected chi connectivity index (χ3v) is 4.03. The second-order valence-corrected chi connectivity index (χ2v) is 5.81. The molecule has 1 aliphatic heterocycles. The Hall–Kier alpha value is -2.02. The summed E-state index contributed by atoms with van der Waals surface area (Å²) in [4.78, 5) is 5.22. The molecule has 0 aliphatic carbocycles. The molecule has 0 saturated carbocycles. The van der Waals surface area contributed by atoms with Crippen LogP contribution in [0.15, 0.2) is 41.4 Å². The Balaban J connectivity index is 1.98. The lowest BCUT2D eigenvalue weighted by Crippen LogP contribution is -2.15. The molecule has 1 aromatic heterocycles. The van der Waals surface area contributed by atoms with Crippen molar-refractivity contribution >= 4 is 21.7 Å². The molecule has 0 unspecified atom stereocenters. The molecular formula is C13H10F2N2O2S. The summed E-state index contributed by atoms with van der Waals surface area (Å²) in [6, 6.07) is 7.07. The van der Waals surface area contributed by atoms with Gasteiger partial charge in [0.05, 0.1) is 6.20 Å². The van der Waals surface area contributed by atoms with Crippen molar-refractivity contribution in [3.8, 4) is 0 Å². The number of fused-ring (bicyclic) bond motifs is 1. The van der Waals surface area contributed by atoms with E-state index in [4.69, 9.17) is 0 Å². The first-order valence-electron chi connectivity index (χ1n) is 5.92. The van der Waals surface area contributed by atoms with E-state index in [-0.39, 0.29) is 5.82 Å². The zero-order valence-corrected chi connectivity index (χ0v) is 11.1. The summed E-state index contributed by atoms with van der Waals surface area (Å²) >= 11 is 0. The molecule has 104 valence electrons. The Kier molecular flexibility index (Phi) is 2.93. The van der Waals surface area contributed by atoms with Crippen LogP contribution < -0.4 is 4.90 Å². The Morgan fingerprint density at radius 1 is 1.20 bits per heavy atom. The number of benzene rings is 1. The van der Waals surface area contributed by atoms with Gasteiger partial charge in [0.15, 0.2) is 0 Å². The van der Waals surface area contributed by atoms with Crippen LogP contribution in [0.25, 0.3) is 0 Å². The molecule has 7 heteroatoms. The second kappa shape index (κ2) is 4.52. The molecule has 0 fully saturated rings. The van der Waals surface area contributed by atoms with Gasteiger partial charge in [-0.25, -0.2) is 9.37 Å². The minimum absolute atomic E-state index is 0.349. The van der Waals surface area contributed by atoms with Gasteiger partial charge in [0, 0.05) is 12.2 Å². The maximum absolute atomic E-state index is 13.3. The predicted molar refractivity (Wildman–Crippen MR) is 69.6 cm³/mol. The standard InChI is InChI=1S/C13H10F2N2O2S/c14-10-2-1-9-5-6-17(12(9)7-10)13-4-3-11(8-16-13)20(15,18)19/h1-4,7-8H,5-6H2. The summed E-state index contributed by atoms with van der Waals surface area (Å²) in [6.07, 6.45) is 1.71. The lowest BCUT2D eigenvalue weighted by atomic mass is 10.2. The first-order valence-corrected chi connectivity index (χ1v) is 7.30. The zero-order valence-electron chi connectivity index (χ0n) is 10.3. The molecule has 0 atom stereocenters. The molecule has 0 saturated heterocycles.